The molecule has 0 aliphatic rings. The first kappa shape index (κ1) is 18.8. The van der Waals surface area contributed by atoms with Crippen molar-refractivity contribution in [2.24, 2.45) is 0 Å². The van der Waals surface area contributed by atoms with Crippen LogP contribution in [-0.2, 0) is 17.8 Å². The lowest BCUT2D eigenvalue weighted by Crippen LogP contribution is -2.37. The number of carbonyl (C=O) groups excluding carboxylic acids is 1. The molecule has 1 amide bonds. The maximum Gasteiger partial charge on any atom is 0.257 e. The Labute approximate surface area is 159 Å². The van der Waals surface area contributed by atoms with Crippen LogP contribution in [0.4, 0.5) is 0 Å². The van der Waals surface area contributed by atoms with Crippen molar-refractivity contribution in [2.75, 3.05) is 27.2 Å². The summed E-state index contributed by atoms with van der Waals surface area (Å²) in [5, 5.41) is 3.97. The van der Waals surface area contributed by atoms with Crippen molar-refractivity contribution >= 4 is 5.91 Å². The minimum atomic E-state index is -0.0129. The third-order valence-corrected chi connectivity index (χ3v) is 4.18. The molecule has 0 aliphatic heterocycles. The third-order valence-electron chi connectivity index (χ3n) is 4.18. The Balaban J connectivity index is 1.69. The highest BCUT2D eigenvalue weighted by Crippen LogP contribution is 2.16. The van der Waals surface area contributed by atoms with Crippen LogP contribution >= 0.6 is 0 Å². The largest absolute Gasteiger partial charge is 0.337 e. The van der Waals surface area contributed by atoms with Crippen LogP contribution in [0.15, 0.2) is 65.2 Å². The molecular formula is C21H24N4O2. The van der Waals surface area contributed by atoms with Crippen molar-refractivity contribution in [1.82, 2.24) is 19.9 Å². The van der Waals surface area contributed by atoms with E-state index >= 15 is 0 Å². The third kappa shape index (κ3) is 5.49. The quantitative estimate of drug-likeness (QED) is 0.615. The molecule has 3 aromatic rings. The summed E-state index contributed by atoms with van der Waals surface area (Å²) in [5.41, 5.74) is 1.94. The van der Waals surface area contributed by atoms with Crippen molar-refractivity contribution in [3.63, 3.8) is 0 Å². The Hall–Kier alpha value is -2.99. The van der Waals surface area contributed by atoms with Gasteiger partial charge in [0.05, 0.1) is 6.42 Å². The number of carbonyl (C=O) groups is 1. The van der Waals surface area contributed by atoms with Crippen LogP contribution in [-0.4, -0.2) is 53.0 Å². The van der Waals surface area contributed by atoms with Gasteiger partial charge < -0.3 is 14.3 Å². The Morgan fingerprint density at radius 1 is 0.963 bits per heavy atom. The van der Waals surface area contributed by atoms with E-state index in [-0.39, 0.29) is 12.3 Å². The van der Waals surface area contributed by atoms with Crippen LogP contribution in [0.2, 0.25) is 0 Å². The highest BCUT2D eigenvalue weighted by atomic mass is 16.5. The molecule has 0 saturated carbocycles. The number of likely N-dealkylation sites (N-methyl/N-ethyl adjacent to an activating group) is 1. The second kappa shape index (κ2) is 9.09. The van der Waals surface area contributed by atoms with E-state index in [4.69, 9.17) is 4.52 Å². The Bertz CT molecular complexity index is 847. The van der Waals surface area contributed by atoms with Crippen molar-refractivity contribution in [1.29, 1.82) is 0 Å². The predicted octanol–water partition coefficient (Wildman–Crippen LogP) is 2.87. The first-order chi connectivity index (χ1) is 13.1. The van der Waals surface area contributed by atoms with Crippen LogP contribution < -0.4 is 0 Å². The van der Waals surface area contributed by atoms with E-state index in [9.17, 15) is 4.79 Å². The van der Waals surface area contributed by atoms with Gasteiger partial charge >= 0.3 is 0 Å². The highest BCUT2D eigenvalue weighted by Gasteiger charge is 2.18. The zero-order chi connectivity index (χ0) is 19.1. The lowest BCUT2D eigenvalue weighted by Gasteiger charge is -2.24. The topological polar surface area (TPSA) is 62.5 Å². The summed E-state index contributed by atoms with van der Waals surface area (Å²) in [4.78, 5) is 21.1. The summed E-state index contributed by atoms with van der Waals surface area (Å²) in [7, 11) is 3.99. The normalized spacial score (nSPS) is 10.9. The molecule has 0 fully saturated rings. The summed E-state index contributed by atoms with van der Waals surface area (Å²) in [5.74, 6) is 0.823. The SMILES string of the molecule is CN(C)CCN(Cc1ccccc1)C(=O)Cc1noc(-c2ccccc2)n1. The Morgan fingerprint density at radius 3 is 2.30 bits per heavy atom. The summed E-state index contributed by atoms with van der Waals surface area (Å²) in [6, 6.07) is 19.5. The minimum Gasteiger partial charge on any atom is -0.337 e. The summed E-state index contributed by atoms with van der Waals surface area (Å²) in [6.07, 6.45) is 0.122. The molecule has 0 unspecified atom stereocenters. The molecule has 0 saturated heterocycles. The number of benzene rings is 2. The van der Waals surface area contributed by atoms with Gasteiger partial charge in [-0.05, 0) is 31.8 Å². The predicted molar refractivity (Wildman–Crippen MR) is 104 cm³/mol. The number of aromatic nitrogens is 2. The van der Waals surface area contributed by atoms with Gasteiger partial charge in [-0.25, -0.2) is 0 Å². The highest BCUT2D eigenvalue weighted by molar-refractivity contribution is 5.78. The van der Waals surface area contributed by atoms with E-state index in [0.29, 0.717) is 24.8 Å². The second-order valence-corrected chi connectivity index (χ2v) is 6.66. The van der Waals surface area contributed by atoms with E-state index in [1.807, 2.05) is 79.7 Å². The lowest BCUT2D eigenvalue weighted by atomic mass is 10.2. The van der Waals surface area contributed by atoms with E-state index in [2.05, 4.69) is 15.0 Å². The molecular weight excluding hydrogens is 340 g/mol. The number of nitrogens with zero attached hydrogens (tertiary/aromatic N) is 4. The molecule has 0 radical (unpaired) electrons. The van der Waals surface area contributed by atoms with E-state index in [1.54, 1.807) is 0 Å². The van der Waals surface area contributed by atoms with E-state index in [0.717, 1.165) is 17.7 Å². The van der Waals surface area contributed by atoms with Gasteiger partial charge in [-0.3, -0.25) is 4.79 Å². The van der Waals surface area contributed by atoms with E-state index < -0.39 is 0 Å². The Morgan fingerprint density at radius 2 is 1.63 bits per heavy atom. The van der Waals surface area contributed by atoms with Crippen LogP contribution in [0.25, 0.3) is 11.5 Å². The average Bonchev–Trinajstić information content (AvgIpc) is 3.15. The minimum absolute atomic E-state index is 0.0129. The van der Waals surface area contributed by atoms with Gasteiger partial charge in [0, 0.05) is 25.2 Å². The standard InChI is InChI=1S/C21H24N4O2/c1-24(2)13-14-25(16-17-9-5-3-6-10-17)20(26)15-19-22-21(27-23-19)18-11-7-4-8-12-18/h3-12H,13-16H2,1-2H3. The zero-order valence-corrected chi connectivity index (χ0v) is 15.7. The maximum atomic E-state index is 12.9. The molecule has 0 aliphatic carbocycles. The molecule has 1 aromatic heterocycles. The van der Waals surface area contributed by atoms with Gasteiger partial charge in [-0.1, -0.05) is 53.7 Å². The maximum absolute atomic E-state index is 12.9. The van der Waals surface area contributed by atoms with Crippen LogP contribution in [0.3, 0.4) is 0 Å². The van der Waals surface area contributed by atoms with Gasteiger partial charge in [0.1, 0.15) is 0 Å². The van der Waals surface area contributed by atoms with Crippen molar-refractivity contribution < 1.29 is 9.32 Å². The van der Waals surface area contributed by atoms with Gasteiger partial charge in [-0.2, -0.15) is 4.98 Å². The lowest BCUT2D eigenvalue weighted by molar-refractivity contribution is -0.131. The first-order valence-electron chi connectivity index (χ1n) is 8.96. The van der Waals surface area contributed by atoms with Crippen molar-refractivity contribution in [3.8, 4) is 11.5 Å². The number of rotatable bonds is 8. The van der Waals surface area contributed by atoms with Crippen molar-refractivity contribution in [3.05, 3.63) is 72.1 Å². The summed E-state index contributed by atoms with van der Waals surface area (Å²) >= 11 is 0. The molecule has 140 valence electrons. The molecule has 27 heavy (non-hydrogen) atoms. The fourth-order valence-electron chi connectivity index (χ4n) is 2.69. The number of hydrogen-bond acceptors (Lipinski definition) is 5. The molecule has 0 atom stereocenters. The summed E-state index contributed by atoms with van der Waals surface area (Å²) in [6.45, 7) is 2.00. The van der Waals surface area contributed by atoms with Crippen molar-refractivity contribution in [2.45, 2.75) is 13.0 Å². The molecule has 6 nitrogen and oxygen atoms in total. The average molecular weight is 364 g/mol. The van der Waals surface area contributed by atoms with Gasteiger partial charge in [0.2, 0.25) is 5.91 Å². The molecule has 1 heterocycles. The van der Waals surface area contributed by atoms with Gasteiger partial charge in [0.15, 0.2) is 5.82 Å². The number of hydrogen-bond donors (Lipinski definition) is 0. The second-order valence-electron chi connectivity index (χ2n) is 6.66. The van der Waals surface area contributed by atoms with Crippen LogP contribution in [0, 0.1) is 0 Å². The monoisotopic (exact) mass is 364 g/mol. The molecule has 6 heteroatoms. The molecule has 0 bridgehead atoms. The Kier molecular flexibility index (Phi) is 6.33. The molecule has 2 aromatic carbocycles. The fraction of sp³-hybridized carbons (Fsp3) is 0.286. The summed E-state index contributed by atoms with van der Waals surface area (Å²) < 4.78 is 5.31. The molecule has 0 spiro atoms. The fourth-order valence-corrected chi connectivity index (χ4v) is 2.69. The molecule has 3 rings (SSSR count). The van der Waals surface area contributed by atoms with Crippen LogP contribution in [0.1, 0.15) is 11.4 Å². The van der Waals surface area contributed by atoms with Crippen LogP contribution in [0.5, 0.6) is 0 Å². The number of amides is 1. The first-order valence-corrected chi connectivity index (χ1v) is 8.96. The van der Waals surface area contributed by atoms with Gasteiger partial charge in [0.25, 0.3) is 5.89 Å². The molecule has 0 N–H and O–H groups in total. The zero-order valence-electron chi connectivity index (χ0n) is 15.7. The van der Waals surface area contributed by atoms with Gasteiger partial charge in [-0.15, -0.1) is 0 Å². The van der Waals surface area contributed by atoms with E-state index in [1.165, 1.54) is 0 Å². The smallest absolute Gasteiger partial charge is 0.257 e.